The van der Waals surface area contributed by atoms with Crippen molar-refractivity contribution in [2.75, 3.05) is 6.61 Å². The highest BCUT2D eigenvalue weighted by Crippen LogP contribution is 2.45. The zero-order chi connectivity index (χ0) is 22.1. The molecule has 0 saturated heterocycles. The van der Waals surface area contributed by atoms with Crippen LogP contribution in [0.4, 0.5) is 0 Å². The number of ether oxygens (including phenoxy) is 3. The van der Waals surface area contributed by atoms with Gasteiger partial charge in [0.05, 0.1) is 23.5 Å². The minimum Gasteiger partial charge on any atom is -0.476 e. The Morgan fingerprint density at radius 3 is 2.50 bits per heavy atom. The molecule has 0 unspecified atom stereocenters. The SMILES string of the molecule is CCOC(=O)[C@H]1Oc2c(c(=O)oc3ccccc23)[C@@H]1c1cccc(Oc2ccccc2)c1. The first-order chi connectivity index (χ1) is 15.7. The molecule has 0 radical (unpaired) electrons. The molecule has 1 aromatic heterocycles. The summed E-state index contributed by atoms with van der Waals surface area (Å²) in [7, 11) is 0. The highest BCUT2D eigenvalue weighted by atomic mass is 16.6. The molecule has 32 heavy (non-hydrogen) atoms. The molecule has 0 saturated carbocycles. The number of carbonyl (C=O) groups excluding carboxylic acids is 1. The van der Waals surface area contributed by atoms with Crippen LogP contribution < -0.4 is 15.1 Å². The van der Waals surface area contributed by atoms with E-state index in [9.17, 15) is 9.59 Å². The second-order valence-electron chi connectivity index (χ2n) is 7.38. The van der Waals surface area contributed by atoms with Crippen LogP contribution in [-0.4, -0.2) is 18.7 Å². The van der Waals surface area contributed by atoms with Gasteiger partial charge in [-0.15, -0.1) is 0 Å². The summed E-state index contributed by atoms with van der Waals surface area (Å²) in [5, 5.41) is 0.635. The number of para-hydroxylation sites is 2. The van der Waals surface area contributed by atoms with Gasteiger partial charge in [-0.05, 0) is 48.9 Å². The lowest BCUT2D eigenvalue weighted by Gasteiger charge is -2.18. The van der Waals surface area contributed by atoms with Gasteiger partial charge in [0, 0.05) is 0 Å². The van der Waals surface area contributed by atoms with E-state index >= 15 is 0 Å². The third-order valence-electron chi connectivity index (χ3n) is 5.37. The maximum absolute atomic E-state index is 13.0. The first-order valence-electron chi connectivity index (χ1n) is 10.4. The van der Waals surface area contributed by atoms with Gasteiger partial charge in [-0.1, -0.05) is 42.5 Å². The van der Waals surface area contributed by atoms with E-state index < -0.39 is 23.6 Å². The molecule has 3 aromatic carbocycles. The van der Waals surface area contributed by atoms with Gasteiger partial charge in [-0.25, -0.2) is 9.59 Å². The van der Waals surface area contributed by atoms with E-state index in [4.69, 9.17) is 18.6 Å². The lowest BCUT2D eigenvalue weighted by atomic mass is 9.88. The Hall–Kier alpha value is -4.06. The van der Waals surface area contributed by atoms with Crippen molar-refractivity contribution < 1.29 is 23.4 Å². The molecular formula is C26H20O6. The summed E-state index contributed by atoms with van der Waals surface area (Å²) in [5.74, 6) is 0.389. The summed E-state index contributed by atoms with van der Waals surface area (Å²) in [6.07, 6.45) is -1.01. The van der Waals surface area contributed by atoms with Crippen LogP contribution in [0.3, 0.4) is 0 Å². The topological polar surface area (TPSA) is 75.0 Å². The summed E-state index contributed by atoms with van der Waals surface area (Å²) in [4.78, 5) is 25.8. The number of hydrogen-bond donors (Lipinski definition) is 0. The lowest BCUT2D eigenvalue weighted by molar-refractivity contribution is -0.151. The van der Waals surface area contributed by atoms with Gasteiger partial charge in [-0.3, -0.25) is 0 Å². The molecule has 1 aliphatic rings. The smallest absolute Gasteiger partial charge is 0.348 e. The van der Waals surface area contributed by atoms with Crippen molar-refractivity contribution in [2.24, 2.45) is 0 Å². The molecule has 4 aromatic rings. The average Bonchev–Trinajstić information content (AvgIpc) is 3.22. The van der Waals surface area contributed by atoms with Gasteiger partial charge >= 0.3 is 11.6 Å². The monoisotopic (exact) mass is 428 g/mol. The van der Waals surface area contributed by atoms with Gasteiger partial charge < -0.3 is 18.6 Å². The third-order valence-corrected chi connectivity index (χ3v) is 5.37. The fourth-order valence-corrected chi connectivity index (χ4v) is 4.02. The van der Waals surface area contributed by atoms with Crippen molar-refractivity contribution in [3.8, 4) is 17.2 Å². The minimum absolute atomic E-state index is 0.203. The molecule has 0 amide bonds. The zero-order valence-electron chi connectivity index (χ0n) is 17.3. The van der Waals surface area contributed by atoms with Crippen LogP contribution in [0.15, 0.2) is 88.1 Å². The largest absolute Gasteiger partial charge is 0.476 e. The van der Waals surface area contributed by atoms with E-state index in [1.165, 1.54) is 0 Å². The van der Waals surface area contributed by atoms with E-state index in [0.717, 1.165) is 0 Å². The van der Waals surface area contributed by atoms with Gasteiger partial charge in [0.1, 0.15) is 22.8 Å². The van der Waals surface area contributed by atoms with Crippen LogP contribution >= 0.6 is 0 Å². The lowest BCUT2D eigenvalue weighted by Crippen LogP contribution is -2.32. The quantitative estimate of drug-likeness (QED) is 0.327. The van der Waals surface area contributed by atoms with Crippen LogP contribution in [-0.2, 0) is 9.53 Å². The van der Waals surface area contributed by atoms with E-state index in [0.29, 0.717) is 39.3 Å². The van der Waals surface area contributed by atoms with Gasteiger partial charge in [0.25, 0.3) is 0 Å². The first-order valence-corrected chi connectivity index (χ1v) is 10.4. The fourth-order valence-electron chi connectivity index (χ4n) is 4.02. The zero-order valence-corrected chi connectivity index (χ0v) is 17.3. The first kappa shape index (κ1) is 19.9. The summed E-state index contributed by atoms with van der Waals surface area (Å²) < 4.78 is 22.8. The number of rotatable bonds is 5. The average molecular weight is 428 g/mol. The van der Waals surface area contributed by atoms with Gasteiger partial charge in [-0.2, -0.15) is 0 Å². The van der Waals surface area contributed by atoms with Crippen molar-refractivity contribution in [1.82, 2.24) is 0 Å². The summed E-state index contributed by atoms with van der Waals surface area (Å²) in [6, 6.07) is 23.7. The Morgan fingerprint density at radius 1 is 0.938 bits per heavy atom. The van der Waals surface area contributed by atoms with Crippen LogP contribution in [0.5, 0.6) is 17.2 Å². The molecule has 1 aliphatic heterocycles. The third kappa shape index (κ3) is 3.50. The number of esters is 1. The van der Waals surface area contributed by atoms with Crippen molar-refractivity contribution in [2.45, 2.75) is 18.9 Å². The molecule has 0 aliphatic carbocycles. The molecule has 0 bridgehead atoms. The Balaban J connectivity index is 1.63. The Labute approximate surface area is 184 Å². The summed E-state index contributed by atoms with van der Waals surface area (Å²) in [6.45, 7) is 1.93. The number of fused-ring (bicyclic) bond motifs is 3. The molecule has 0 fully saturated rings. The molecule has 0 spiro atoms. The normalized spacial score (nSPS) is 16.9. The van der Waals surface area contributed by atoms with Crippen molar-refractivity contribution in [3.05, 3.63) is 100 Å². The number of benzene rings is 3. The summed E-state index contributed by atoms with van der Waals surface area (Å²) >= 11 is 0. The van der Waals surface area contributed by atoms with Crippen molar-refractivity contribution >= 4 is 16.9 Å². The molecule has 6 heteroatoms. The highest BCUT2D eigenvalue weighted by Gasteiger charge is 2.45. The molecule has 2 atom stereocenters. The maximum Gasteiger partial charge on any atom is 0.348 e. The molecule has 0 N–H and O–H groups in total. The van der Waals surface area contributed by atoms with E-state index in [2.05, 4.69) is 0 Å². The van der Waals surface area contributed by atoms with Crippen LogP contribution in [0.1, 0.15) is 24.0 Å². The second kappa shape index (κ2) is 8.23. The van der Waals surface area contributed by atoms with E-state index in [1.54, 1.807) is 31.2 Å². The molecule has 6 nitrogen and oxygen atoms in total. The Bertz CT molecular complexity index is 1340. The van der Waals surface area contributed by atoms with Gasteiger partial charge in [0.2, 0.25) is 6.10 Å². The van der Waals surface area contributed by atoms with Gasteiger partial charge in [0.15, 0.2) is 0 Å². The Kier molecular flexibility index (Phi) is 5.11. The number of carbonyl (C=O) groups is 1. The van der Waals surface area contributed by atoms with E-state index in [1.807, 2.05) is 54.6 Å². The predicted octanol–water partition coefficient (Wildman–Crippen LogP) is 5.04. The van der Waals surface area contributed by atoms with Crippen LogP contribution in [0, 0.1) is 0 Å². The Morgan fingerprint density at radius 2 is 1.69 bits per heavy atom. The molecule has 5 rings (SSSR count). The second-order valence-corrected chi connectivity index (χ2v) is 7.38. The highest BCUT2D eigenvalue weighted by molar-refractivity contribution is 5.88. The van der Waals surface area contributed by atoms with Crippen LogP contribution in [0.2, 0.25) is 0 Å². The van der Waals surface area contributed by atoms with Crippen molar-refractivity contribution in [1.29, 1.82) is 0 Å². The molecule has 160 valence electrons. The number of hydrogen-bond acceptors (Lipinski definition) is 6. The standard InChI is InChI=1S/C26H20O6/c1-2-29-26(28)24-21(16-9-8-12-18(15-16)30-17-10-4-3-5-11-17)22-23(32-24)19-13-6-7-14-20(19)31-25(22)27/h3-15,21,24H,2H2,1H3/t21-,24-/m0/s1. The van der Waals surface area contributed by atoms with Crippen molar-refractivity contribution in [3.63, 3.8) is 0 Å². The fraction of sp³-hybridized carbons (Fsp3) is 0.154. The van der Waals surface area contributed by atoms with Crippen LogP contribution in [0.25, 0.3) is 11.0 Å². The summed E-state index contributed by atoms with van der Waals surface area (Å²) in [5.41, 5.74) is 0.863. The molecule has 2 heterocycles. The minimum atomic E-state index is -1.01. The molecular weight excluding hydrogens is 408 g/mol. The van der Waals surface area contributed by atoms with E-state index in [-0.39, 0.29) is 6.61 Å². The predicted molar refractivity (Wildman–Crippen MR) is 118 cm³/mol. The maximum atomic E-state index is 13.0.